The Labute approximate surface area is 185 Å². The summed E-state index contributed by atoms with van der Waals surface area (Å²) < 4.78 is 28.6. The Kier molecular flexibility index (Phi) is 6.95. The first kappa shape index (κ1) is 22.1. The summed E-state index contributed by atoms with van der Waals surface area (Å²) in [7, 11) is -3.92. The van der Waals surface area contributed by atoms with Crippen LogP contribution in [0.3, 0.4) is 0 Å². The minimum absolute atomic E-state index is 0.130. The van der Waals surface area contributed by atoms with Crippen LogP contribution in [0.4, 0.5) is 11.4 Å². The largest absolute Gasteiger partial charge is 0.324 e. The first-order valence-corrected chi connectivity index (χ1v) is 11.8. The topological polar surface area (TPSA) is 66.5 Å². The molecule has 0 saturated heterocycles. The van der Waals surface area contributed by atoms with E-state index in [-0.39, 0.29) is 11.4 Å². The van der Waals surface area contributed by atoms with E-state index in [0.29, 0.717) is 5.69 Å². The van der Waals surface area contributed by atoms with E-state index in [1.165, 1.54) is 12.1 Å². The number of nitrogens with one attached hydrogen (secondary N) is 1. The molecule has 0 aliphatic heterocycles. The van der Waals surface area contributed by atoms with Crippen LogP contribution in [0.1, 0.15) is 18.1 Å². The molecule has 1 N–H and O–H groups in total. The van der Waals surface area contributed by atoms with Gasteiger partial charge in [-0.3, -0.25) is 9.10 Å². The van der Waals surface area contributed by atoms with Gasteiger partial charge in [-0.15, -0.1) is 0 Å². The molecule has 30 heavy (non-hydrogen) atoms. The Morgan fingerprint density at radius 1 is 0.967 bits per heavy atom. The molecule has 5 nitrogen and oxygen atoms in total. The number of aryl methyl sites for hydroxylation is 2. The molecule has 0 saturated carbocycles. The summed E-state index contributed by atoms with van der Waals surface area (Å²) in [6, 6.07) is 20.8. The summed E-state index contributed by atoms with van der Waals surface area (Å²) in [5.74, 6) is -0.401. The van der Waals surface area contributed by atoms with Crippen LogP contribution in [0, 0.1) is 6.92 Å². The zero-order chi connectivity index (χ0) is 21.7. The second-order valence-corrected chi connectivity index (χ2v) is 9.59. The van der Waals surface area contributed by atoms with Gasteiger partial charge in [0.2, 0.25) is 5.91 Å². The minimum Gasteiger partial charge on any atom is -0.324 e. The quantitative estimate of drug-likeness (QED) is 0.501. The molecule has 1 amide bonds. The van der Waals surface area contributed by atoms with Gasteiger partial charge in [-0.25, -0.2) is 8.42 Å². The van der Waals surface area contributed by atoms with Crippen LogP contribution in [0.25, 0.3) is 0 Å². The van der Waals surface area contributed by atoms with E-state index in [9.17, 15) is 13.2 Å². The number of nitrogens with zero attached hydrogens (tertiary/aromatic N) is 1. The molecule has 0 aliphatic rings. The predicted molar refractivity (Wildman–Crippen MR) is 124 cm³/mol. The number of benzene rings is 3. The Morgan fingerprint density at radius 3 is 2.27 bits per heavy atom. The lowest BCUT2D eigenvalue weighted by molar-refractivity contribution is -0.114. The van der Waals surface area contributed by atoms with Crippen molar-refractivity contribution in [3.63, 3.8) is 0 Å². The molecule has 0 aliphatic carbocycles. The minimum atomic E-state index is -3.92. The monoisotopic (exact) mass is 486 g/mol. The third kappa shape index (κ3) is 4.91. The molecule has 3 rings (SSSR count). The highest BCUT2D eigenvalue weighted by molar-refractivity contribution is 9.10. The number of hydrogen-bond acceptors (Lipinski definition) is 3. The van der Waals surface area contributed by atoms with Gasteiger partial charge in [0.05, 0.1) is 10.6 Å². The first-order valence-electron chi connectivity index (χ1n) is 9.54. The Morgan fingerprint density at radius 2 is 1.63 bits per heavy atom. The van der Waals surface area contributed by atoms with Crippen molar-refractivity contribution < 1.29 is 13.2 Å². The third-order valence-corrected chi connectivity index (χ3v) is 7.05. The van der Waals surface area contributed by atoms with Crippen molar-refractivity contribution in [2.75, 3.05) is 16.2 Å². The predicted octanol–water partition coefficient (Wildman–Crippen LogP) is 5.15. The average molecular weight is 487 g/mol. The van der Waals surface area contributed by atoms with Crippen LogP contribution in [-0.4, -0.2) is 20.9 Å². The van der Waals surface area contributed by atoms with Crippen molar-refractivity contribution >= 4 is 43.2 Å². The van der Waals surface area contributed by atoms with Gasteiger partial charge >= 0.3 is 0 Å². The molecular formula is C23H23BrN2O3S. The fourth-order valence-electron chi connectivity index (χ4n) is 3.15. The average Bonchev–Trinajstić information content (AvgIpc) is 2.75. The van der Waals surface area contributed by atoms with Crippen LogP contribution < -0.4 is 9.62 Å². The molecule has 0 bridgehead atoms. The van der Waals surface area contributed by atoms with Crippen molar-refractivity contribution in [3.05, 3.63) is 88.4 Å². The highest BCUT2D eigenvalue weighted by Gasteiger charge is 2.27. The van der Waals surface area contributed by atoms with Gasteiger partial charge < -0.3 is 5.32 Å². The molecule has 0 radical (unpaired) electrons. The van der Waals surface area contributed by atoms with E-state index < -0.39 is 15.9 Å². The summed E-state index contributed by atoms with van der Waals surface area (Å²) in [6.07, 6.45) is 0.760. The van der Waals surface area contributed by atoms with Gasteiger partial charge in [0.25, 0.3) is 10.0 Å². The number of carbonyl (C=O) groups is 1. The summed E-state index contributed by atoms with van der Waals surface area (Å²) in [5.41, 5.74) is 3.09. The number of hydrogen-bond donors (Lipinski definition) is 1. The Bertz CT molecular complexity index is 1130. The lowest BCUT2D eigenvalue weighted by atomic mass is 10.1. The second kappa shape index (κ2) is 9.45. The highest BCUT2D eigenvalue weighted by atomic mass is 79.9. The first-order chi connectivity index (χ1) is 14.3. The van der Waals surface area contributed by atoms with E-state index in [0.717, 1.165) is 32.0 Å². The second-order valence-electron chi connectivity index (χ2n) is 6.81. The number of carbonyl (C=O) groups excluding carboxylic acids is 1. The number of anilines is 2. The van der Waals surface area contributed by atoms with Crippen LogP contribution in [0.2, 0.25) is 0 Å². The van der Waals surface area contributed by atoms with E-state index in [4.69, 9.17) is 0 Å². The van der Waals surface area contributed by atoms with Gasteiger partial charge in [0.1, 0.15) is 6.54 Å². The number of amides is 1. The van der Waals surface area contributed by atoms with Gasteiger partial charge in [0.15, 0.2) is 0 Å². The van der Waals surface area contributed by atoms with Crippen LogP contribution in [0.15, 0.2) is 82.2 Å². The summed E-state index contributed by atoms with van der Waals surface area (Å²) in [4.78, 5) is 13.1. The highest BCUT2D eigenvalue weighted by Crippen LogP contribution is 2.26. The molecule has 0 unspecified atom stereocenters. The molecule has 3 aromatic carbocycles. The molecule has 156 valence electrons. The molecule has 7 heteroatoms. The smallest absolute Gasteiger partial charge is 0.264 e. The van der Waals surface area contributed by atoms with E-state index in [1.807, 2.05) is 32.0 Å². The van der Waals surface area contributed by atoms with Crippen molar-refractivity contribution in [2.45, 2.75) is 25.2 Å². The molecule has 0 atom stereocenters. The fraction of sp³-hybridized carbons (Fsp3) is 0.174. The van der Waals surface area contributed by atoms with Crippen molar-refractivity contribution in [1.29, 1.82) is 0 Å². The van der Waals surface area contributed by atoms with Crippen molar-refractivity contribution in [3.8, 4) is 0 Å². The molecule has 0 aromatic heterocycles. The van der Waals surface area contributed by atoms with E-state index in [2.05, 4.69) is 21.2 Å². The van der Waals surface area contributed by atoms with Crippen molar-refractivity contribution in [2.24, 2.45) is 0 Å². The number of halogens is 1. The van der Waals surface area contributed by atoms with Crippen LogP contribution in [-0.2, 0) is 21.2 Å². The lowest BCUT2D eigenvalue weighted by Crippen LogP contribution is -2.38. The normalized spacial score (nSPS) is 11.2. The maximum Gasteiger partial charge on any atom is 0.264 e. The summed E-state index contributed by atoms with van der Waals surface area (Å²) in [5, 5.41) is 2.91. The standard InChI is InChI=1S/C23H23BrN2O3S/c1-3-18-9-7-8-17(2)23(18)25-22(27)16-26(20-14-12-19(24)13-15-20)30(28,29)21-10-5-4-6-11-21/h4-15H,3,16H2,1-2H3,(H,25,27). The lowest BCUT2D eigenvalue weighted by Gasteiger charge is -2.24. The Balaban J connectivity index is 1.96. The van der Waals surface area contributed by atoms with E-state index >= 15 is 0 Å². The fourth-order valence-corrected chi connectivity index (χ4v) is 4.86. The van der Waals surface area contributed by atoms with Crippen molar-refractivity contribution in [1.82, 2.24) is 0 Å². The zero-order valence-corrected chi connectivity index (χ0v) is 19.2. The van der Waals surface area contributed by atoms with Gasteiger partial charge in [-0.05, 0) is 60.9 Å². The number of sulfonamides is 1. The molecule has 0 spiro atoms. The van der Waals surface area contributed by atoms with E-state index in [1.54, 1.807) is 42.5 Å². The maximum atomic E-state index is 13.3. The Hall–Kier alpha value is -2.64. The summed E-state index contributed by atoms with van der Waals surface area (Å²) >= 11 is 3.36. The van der Waals surface area contributed by atoms with Gasteiger partial charge in [0, 0.05) is 10.2 Å². The molecular weight excluding hydrogens is 464 g/mol. The zero-order valence-electron chi connectivity index (χ0n) is 16.8. The number of rotatable bonds is 7. The molecule has 0 fully saturated rings. The molecule has 0 heterocycles. The SMILES string of the molecule is CCc1cccc(C)c1NC(=O)CN(c1ccc(Br)cc1)S(=O)(=O)c1ccccc1. The third-order valence-electron chi connectivity index (χ3n) is 4.74. The van der Waals surface area contributed by atoms with Crippen LogP contribution in [0.5, 0.6) is 0 Å². The van der Waals surface area contributed by atoms with Crippen LogP contribution >= 0.6 is 15.9 Å². The summed E-state index contributed by atoms with van der Waals surface area (Å²) in [6.45, 7) is 3.59. The van der Waals surface area contributed by atoms with Gasteiger partial charge in [-0.2, -0.15) is 0 Å². The molecule has 3 aromatic rings. The van der Waals surface area contributed by atoms with Gasteiger partial charge in [-0.1, -0.05) is 59.3 Å². The maximum absolute atomic E-state index is 13.3. The number of para-hydroxylation sites is 1.